The molecule has 1 atom stereocenters. The van der Waals surface area contributed by atoms with Gasteiger partial charge in [-0.1, -0.05) is 0 Å². The molecule has 0 spiro atoms. The maximum absolute atomic E-state index is 0. The van der Waals surface area contributed by atoms with Gasteiger partial charge in [-0.25, -0.2) is 0 Å². The summed E-state index contributed by atoms with van der Waals surface area (Å²) >= 11 is 0. The van der Waals surface area contributed by atoms with Gasteiger partial charge in [0.15, 0.2) is 0 Å². The van der Waals surface area contributed by atoms with Crippen LogP contribution in [0.4, 0.5) is 14.1 Å². The minimum absolute atomic E-state index is 0. The first kappa shape index (κ1) is 250. The molecule has 0 aliphatic rings. The Kier molecular flexibility index (Phi) is 5880. The number of hydrogen-bond donors (Lipinski definition) is 0. The van der Waals surface area contributed by atoms with E-state index in [0.29, 0.717) is 0 Å². The molecular formula is H6CaF5P. The molecule has 0 amide bonds. The molecule has 0 saturated carbocycles. The second-order valence-corrected chi connectivity index (χ2v) is 0. The predicted molar refractivity (Wildman–Crippen MR) is 24.4 cm³/mol. The first-order valence-electron chi connectivity index (χ1n) is 0. The summed E-state index contributed by atoms with van der Waals surface area (Å²) in [6.45, 7) is 0. The van der Waals surface area contributed by atoms with E-state index in [9.17, 15) is 0 Å². The van der Waals surface area contributed by atoms with Gasteiger partial charge in [0, 0.05) is 0 Å². The van der Waals surface area contributed by atoms with Gasteiger partial charge in [-0.05, 0) is 0 Å². The van der Waals surface area contributed by atoms with E-state index in [1.165, 1.54) is 0 Å². The van der Waals surface area contributed by atoms with Gasteiger partial charge in [0.2, 0.25) is 0 Å². The second kappa shape index (κ2) is 164. The zero-order valence-electron chi connectivity index (χ0n) is 3.39. The predicted octanol–water partition coefficient (Wildman–Crippen LogP) is -5.86. The van der Waals surface area contributed by atoms with Crippen LogP contribution in [0.3, 0.4) is 0 Å². The summed E-state index contributed by atoms with van der Waals surface area (Å²) in [7, 11) is 0. The standard InChI is InChI=1S/Ca.5FH.H3P/h;5*1H;1H3/q+2;;;;;;/p-2. The van der Waals surface area contributed by atoms with Gasteiger partial charge in [0.1, 0.15) is 0 Å². The van der Waals surface area contributed by atoms with Crippen LogP contribution in [0.15, 0.2) is 0 Å². The van der Waals surface area contributed by atoms with Crippen molar-refractivity contribution in [3.05, 3.63) is 0 Å². The molecule has 0 nitrogen and oxygen atoms in total. The minimum Gasteiger partial charge on any atom is -1.00 e. The summed E-state index contributed by atoms with van der Waals surface area (Å²) in [5.74, 6) is 0. The Bertz CT molecular complexity index is 8.04. The summed E-state index contributed by atoms with van der Waals surface area (Å²) < 4.78 is 0. The second-order valence-electron chi connectivity index (χ2n) is 0. The van der Waals surface area contributed by atoms with E-state index < -0.39 is 0 Å². The van der Waals surface area contributed by atoms with E-state index in [1.54, 1.807) is 0 Å². The molecule has 0 heterocycles. The van der Waals surface area contributed by atoms with Crippen LogP contribution < -0.4 is 9.41 Å². The molecule has 48 valence electrons. The van der Waals surface area contributed by atoms with Crippen molar-refractivity contribution < 1.29 is 23.5 Å². The monoisotopic (exact) mass is 172 g/mol. The molecule has 0 rings (SSSR count). The fourth-order valence-electron chi connectivity index (χ4n) is 0. The minimum atomic E-state index is 0. The van der Waals surface area contributed by atoms with E-state index in [-0.39, 0.29) is 71.2 Å². The molecule has 0 aromatic heterocycles. The van der Waals surface area contributed by atoms with Gasteiger partial charge in [-0.2, -0.15) is 9.90 Å². The van der Waals surface area contributed by atoms with Crippen molar-refractivity contribution in [3.8, 4) is 0 Å². The summed E-state index contributed by atoms with van der Waals surface area (Å²) in [4.78, 5) is 0. The van der Waals surface area contributed by atoms with Crippen molar-refractivity contribution in [3.63, 3.8) is 0 Å². The number of halogens is 5. The van der Waals surface area contributed by atoms with Gasteiger partial charge >= 0.3 is 37.7 Å². The summed E-state index contributed by atoms with van der Waals surface area (Å²) in [5.41, 5.74) is 0. The molecule has 0 aromatic carbocycles. The van der Waals surface area contributed by atoms with Gasteiger partial charge in [-0.15, -0.1) is 0 Å². The molecule has 0 radical (unpaired) electrons. The summed E-state index contributed by atoms with van der Waals surface area (Å²) in [6.07, 6.45) is 0. The van der Waals surface area contributed by atoms with Gasteiger partial charge in [0.05, 0.1) is 0 Å². The van der Waals surface area contributed by atoms with E-state index in [2.05, 4.69) is 0 Å². The van der Waals surface area contributed by atoms with Crippen molar-refractivity contribution >= 4 is 47.6 Å². The van der Waals surface area contributed by atoms with Crippen LogP contribution in [-0.2, 0) is 0 Å². The summed E-state index contributed by atoms with van der Waals surface area (Å²) in [5, 5.41) is 0. The van der Waals surface area contributed by atoms with Crippen LogP contribution in [-0.4, -0.2) is 37.7 Å². The van der Waals surface area contributed by atoms with Crippen molar-refractivity contribution in [1.29, 1.82) is 0 Å². The third-order valence-corrected chi connectivity index (χ3v) is 0. The van der Waals surface area contributed by atoms with E-state index in [1.807, 2.05) is 0 Å². The Balaban J connectivity index is 0. The average Bonchev–Trinajstić information content (AvgIpc) is 0. The fourth-order valence-corrected chi connectivity index (χ4v) is 0. The average molecular weight is 172 g/mol. The molecule has 7 heavy (non-hydrogen) atoms. The summed E-state index contributed by atoms with van der Waals surface area (Å²) in [6, 6.07) is 0. The van der Waals surface area contributed by atoms with Gasteiger partial charge < -0.3 is 9.41 Å². The Morgan fingerprint density at radius 1 is 0.571 bits per heavy atom. The normalized spacial score (nSPS) is 0. The molecule has 0 aliphatic carbocycles. The number of rotatable bonds is 0. The smallest absolute Gasteiger partial charge is 1.00 e. The van der Waals surface area contributed by atoms with Crippen molar-refractivity contribution in [1.82, 2.24) is 0 Å². The molecule has 0 aliphatic heterocycles. The maximum Gasteiger partial charge on any atom is 2.00 e. The Hall–Kier alpha value is 1.34. The van der Waals surface area contributed by atoms with E-state index >= 15 is 0 Å². The molecule has 0 N–H and O–H groups in total. The Morgan fingerprint density at radius 3 is 0.571 bits per heavy atom. The molecule has 7 heteroatoms. The number of hydrogen-bond acceptors (Lipinski definition) is 0. The van der Waals surface area contributed by atoms with Crippen molar-refractivity contribution in [2.75, 3.05) is 0 Å². The fraction of sp³-hybridized carbons (Fsp3) is 0. The SMILES string of the molecule is F.F.F.P.[Ca+2].[F-].[F-]. The third-order valence-electron chi connectivity index (χ3n) is 0. The molecule has 0 aromatic rings. The molecule has 0 bridgehead atoms. The first-order valence-corrected chi connectivity index (χ1v) is 0. The van der Waals surface area contributed by atoms with E-state index in [4.69, 9.17) is 0 Å². The van der Waals surface area contributed by atoms with Crippen molar-refractivity contribution in [2.24, 2.45) is 0 Å². The van der Waals surface area contributed by atoms with Crippen LogP contribution >= 0.6 is 9.90 Å². The van der Waals surface area contributed by atoms with Crippen LogP contribution in [0.5, 0.6) is 0 Å². The van der Waals surface area contributed by atoms with Gasteiger partial charge in [0.25, 0.3) is 0 Å². The van der Waals surface area contributed by atoms with Crippen molar-refractivity contribution in [2.45, 2.75) is 0 Å². The zero-order chi connectivity index (χ0) is 0. The molecule has 1 unspecified atom stereocenters. The van der Waals surface area contributed by atoms with Gasteiger partial charge in [-0.3, -0.25) is 14.1 Å². The quantitative estimate of drug-likeness (QED) is 0.194. The van der Waals surface area contributed by atoms with Crippen LogP contribution in [0.1, 0.15) is 0 Å². The first-order chi connectivity index (χ1) is 0. The Morgan fingerprint density at radius 2 is 0.571 bits per heavy atom. The zero-order valence-corrected chi connectivity index (χ0v) is 7.02. The van der Waals surface area contributed by atoms with E-state index in [0.717, 1.165) is 0 Å². The molecule has 0 saturated heterocycles. The largest absolute Gasteiger partial charge is 2.00 e. The maximum atomic E-state index is 0. The third kappa shape index (κ3) is 117. The Labute approximate surface area is 70.9 Å². The molecule has 0 fully saturated rings. The molecular weight excluding hydrogens is 166 g/mol. The topological polar surface area (TPSA) is 0 Å². The van der Waals surface area contributed by atoms with Crippen LogP contribution in [0, 0.1) is 0 Å². The van der Waals surface area contributed by atoms with Crippen LogP contribution in [0.25, 0.3) is 0 Å². The van der Waals surface area contributed by atoms with Crippen LogP contribution in [0.2, 0.25) is 0 Å².